The first-order chi connectivity index (χ1) is 13.0. The Kier molecular flexibility index (Phi) is 4.58. The number of ether oxygens (including phenoxy) is 1. The highest BCUT2D eigenvalue weighted by Gasteiger charge is 2.29. The fourth-order valence-corrected chi connectivity index (χ4v) is 3.54. The molecule has 2 unspecified atom stereocenters. The summed E-state index contributed by atoms with van der Waals surface area (Å²) in [7, 11) is 0. The zero-order chi connectivity index (χ0) is 19.0. The molecule has 0 bridgehead atoms. The molecule has 6 nitrogen and oxygen atoms in total. The molecule has 2 atom stereocenters. The summed E-state index contributed by atoms with van der Waals surface area (Å²) in [4.78, 5) is 15.2. The van der Waals surface area contributed by atoms with E-state index in [1.807, 2.05) is 62.1 Å². The summed E-state index contributed by atoms with van der Waals surface area (Å²) in [5.74, 6) is 0.586. The number of carbonyl (C=O) groups is 1. The smallest absolute Gasteiger partial charge is 0.272 e. The second kappa shape index (κ2) is 7.04. The Morgan fingerprint density at radius 2 is 1.89 bits per heavy atom. The number of hydrogen-bond donors (Lipinski definition) is 0. The van der Waals surface area contributed by atoms with Crippen LogP contribution < -0.4 is 0 Å². The summed E-state index contributed by atoms with van der Waals surface area (Å²) >= 11 is 0. The van der Waals surface area contributed by atoms with Gasteiger partial charge in [-0.1, -0.05) is 12.1 Å². The second-order valence-corrected chi connectivity index (χ2v) is 7.11. The normalized spacial score (nSPS) is 20.0. The maximum absolute atomic E-state index is 13.3. The molecule has 27 heavy (non-hydrogen) atoms. The van der Waals surface area contributed by atoms with Gasteiger partial charge in [0, 0.05) is 19.2 Å². The molecule has 1 saturated heterocycles. The Morgan fingerprint density at radius 3 is 2.56 bits per heavy atom. The van der Waals surface area contributed by atoms with E-state index in [0.717, 1.165) is 11.3 Å². The molecule has 140 valence electrons. The van der Waals surface area contributed by atoms with Crippen molar-refractivity contribution in [2.75, 3.05) is 13.1 Å². The molecule has 1 aliphatic heterocycles. The quantitative estimate of drug-likeness (QED) is 0.710. The van der Waals surface area contributed by atoms with Gasteiger partial charge in [-0.25, -0.2) is 4.68 Å². The zero-order valence-corrected chi connectivity index (χ0v) is 15.8. The second-order valence-electron chi connectivity index (χ2n) is 7.11. The topological polar surface area (TPSA) is 60.5 Å². The Morgan fingerprint density at radius 1 is 1.11 bits per heavy atom. The van der Waals surface area contributed by atoms with Crippen LogP contribution in [0.4, 0.5) is 0 Å². The van der Waals surface area contributed by atoms with Crippen LogP contribution in [0.1, 0.15) is 29.9 Å². The number of hydrogen-bond acceptors (Lipinski definition) is 4. The third-order valence-corrected chi connectivity index (χ3v) is 4.66. The van der Waals surface area contributed by atoms with Crippen molar-refractivity contribution in [3.63, 3.8) is 0 Å². The van der Waals surface area contributed by atoms with E-state index in [2.05, 4.69) is 5.10 Å². The molecule has 0 aliphatic carbocycles. The van der Waals surface area contributed by atoms with Gasteiger partial charge in [0.1, 0.15) is 11.4 Å². The average molecular weight is 365 g/mol. The number of aromatic nitrogens is 2. The number of rotatable bonds is 3. The molecule has 4 rings (SSSR count). The van der Waals surface area contributed by atoms with E-state index in [1.54, 1.807) is 17.0 Å². The van der Waals surface area contributed by atoms with Crippen molar-refractivity contribution < 1.29 is 13.9 Å². The van der Waals surface area contributed by atoms with Gasteiger partial charge in [0.05, 0.1) is 24.2 Å². The largest absolute Gasteiger partial charge is 0.463 e. The summed E-state index contributed by atoms with van der Waals surface area (Å²) in [6.45, 7) is 7.13. The minimum absolute atomic E-state index is 0.0117. The molecule has 6 heteroatoms. The highest BCUT2D eigenvalue weighted by molar-refractivity contribution is 5.94. The highest BCUT2D eigenvalue weighted by Crippen LogP contribution is 2.24. The minimum Gasteiger partial charge on any atom is -0.463 e. The number of nitrogens with zero attached hydrogens (tertiary/aromatic N) is 3. The number of aryl methyl sites for hydroxylation is 1. The lowest BCUT2D eigenvalue weighted by atomic mass is 10.2. The van der Waals surface area contributed by atoms with Crippen LogP contribution in [0.15, 0.2) is 53.1 Å². The lowest BCUT2D eigenvalue weighted by Gasteiger charge is -2.35. The molecule has 0 radical (unpaired) electrons. The third-order valence-electron chi connectivity index (χ3n) is 4.66. The van der Waals surface area contributed by atoms with Gasteiger partial charge in [-0.15, -0.1) is 0 Å². The van der Waals surface area contributed by atoms with Crippen molar-refractivity contribution in [2.45, 2.75) is 33.0 Å². The summed E-state index contributed by atoms with van der Waals surface area (Å²) in [5.41, 5.74) is 3.12. The van der Waals surface area contributed by atoms with Crippen molar-refractivity contribution in [1.29, 1.82) is 0 Å². The van der Waals surface area contributed by atoms with E-state index in [4.69, 9.17) is 9.15 Å². The first-order valence-electron chi connectivity index (χ1n) is 9.17. The molecular weight excluding hydrogens is 342 g/mol. The number of furan rings is 1. The maximum Gasteiger partial charge on any atom is 0.272 e. The fraction of sp³-hybridized carbons (Fsp3) is 0.333. The van der Waals surface area contributed by atoms with Crippen LogP contribution in [-0.2, 0) is 4.74 Å². The molecule has 2 aromatic heterocycles. The number of morpholine rings is 1. The van der Waals surface area contributed by atoms with E-state index in [1.165, 1.54) is 0 Å². The SMILES string of the molecule is Cc1cccc(-n2nc(-c3ccco3)cc2C(=O)N2CC(C)OC(C)C2)c1. The molecule has 1 aromatic carbocycles. The molecule has 0 spiro atoms. The van der Waals surface area contributed by atoms with E-state index < -0.39 is 0 Å². The van der Waals surface area contributed by atoms with E-state index in [0.29, 0.717) is 30.2 Å². The molecular formula is C21H23N3O3. The van der Waals surface area contributed by atoms with Crippen molar-refractivity contribution in [2.24, 2.45) is 0 Å². The third kappa shape index (κ3) is 3.53. The van der Waals surface area contributed by atoms with Gasteiger partial charge in [0.2, 0.25) is 0 Å². The van der Waals surface area contributed by atoms with Gasteiger partial charge in [0.25, 0.3) is 5.91 Å². The van der Waals surface area contributed by atoms with Gasteiger partial charge in [-0.05, 0) is 50.6 Å². The Bertz CT molecular complexity index is 935. The summed E-state index contributed by atoms with van der Waals surface area (Å²) in [5, 5.41) is 4.66. The molecule has 1 amide bonds. The Labute approximate surface area is 158 Å². The van der Waals surface area contributed by atoms with Crippen LogP contribution >= 0.6 is 0 Å². The van der Waals surface area contributed by atoms with Crippen LogP contribution in [0.2, 0.25) is 0 Å². The molecule has 0 N–H and O–H groups in total. The molecule has 1 aliphatic rings. The standard InChI is InChI=1S/C21H23N3O3/c1-14-6-4-7-17(10-14)24-19(11-18(22-24)20-8-5-9-26-20)21(25)23-12-15(2)27-16(3)13-23/h4-11,15-16H,12-13H2,1-3H3. The lowest BCUT2D eigenvalue weighted by molar-refractivity contribution is -0.0588. The number of carbonyl (C=O) groups excluding carboxylic acids is 1. The van der Waals surface area contributed by atoms with Crippen LogP contribution in [-0.4, -0.2) is 45.9 Å². The van der Waals surface area contributed by atoms with Gasteiger partial charge in [0.15, 0.2) is 5.76 Å². The van der Waals surface area contributed by atoms with E-state index in [-0.39, 0.29) is 18.1 Å². The maximum atomic E-state index is 13.3. The summed E-state index contributed by atoms with van der Waals surface area (Å²) in [6.07, 6.45) is 1.63. The average Bonchev–Trinajstić information content (AvgIpc) is 3.30. The van der Waals surface area contributed by atoms with Crippen LogP contribution in [0.3, 0.4) is 0 Å². The Hall–Kier alpha value is -2.86. The van der Waals surface area contributed by atoms with Crippen molar-refractivity contribution in [3.05, 3.63) is 60.0 Å². The van der Waals surface area contributed by atoms with Crippen molar-refractivity contribution >= 4 is 5.91 Å². The molecule has 0 saturated carbocycles. The molecule has 3 aromatic rings. The van der Waals surface area contributed by atoms with E-state index >= 15 is 0 Å². The van der Waals surface area contributed by atoms with Gasteiger partial charge >= 0.3 is 0 Å². The number of amides is 1. The summed E-state index contributed by atoms with van der Waals surface area (Å²) < 4.78 is 13.0. The highest BCUT2D eigenvalue weighted by atomic mass is 16.5. The van der Waals surface area contributed by atoms with Crippen LogP contribution in [0.25, 0.3) is 17.1 Å². The molecule has 3 heterocycles. The first-order valence-corrected chi connectivity index (χ1v) is 9.17. The molecule has 1 fully saturated rings. The zero-order valence-electron chi connectivity index (χ0n) is 15.8. The van der Waals surface area contributed by atoms with E-state index in [9.17, 15) is 4.79 Å². The summed E-state index contributed by atoms with van der Waals surface area (Å²) in [6, 6.07) is 13.4. The van der Waals surface area contributed by atoms with Crippen molar-refractivity contribution in [1.82, 2.24) is 14.7 Å². The number of benzene rings is 1. The first kappa shape index (κ1) is 17.5. The Balaban J connectivity index is 1.77. The fourth-order valence-electron chi connectivity index (χ4n) is 3.54. The van der Waals surface area contributed by atoms with Crippen LogP contribution in [0.5, 0.6) is 0 Å². The van der Waals surface area contributed by atoms with Gasteiger partial charge in [-0.3, -0.25) is 4.79 Å². The van der Waals surface area contributed by atoms with Crippen molar-refractivity contribution in [3.8, 4) is 17.1 Å². The minimum atomic E-state index is -0.0520. The lowest BCUT2D eigenvalue weighted by Crippen LogP contribution is -2.48. The predicted octanol–water partition coefficient (Wildman–Crippen LogP) is 3.69. The predicted molar refractivity (Wildman–Crippen MR) is 102 cm³/mol. The van der Waals surface area contributed by atoms with Crippen LogP contribution in [0, 0.1) is 6.92 Å². The van der Waals surface area contributed by atoms with Gasteiger partial charge < -0.3 is 14.1 Å². The van der Waals surface area contributed by atoms with Gasteiger partial charge in [-0.2, -0.15) is 5.10 Å². The monoisotopic (exact) mass is 365 g/mol.